The quantitative estimate of drug-likeness (QED) is 0.596. The molecular weight excluding hydrogens is 360 g/mol. The molecule has 0 unspecified atom stereocenters. The minimum Gasteiger partial charge on any atom is -0.494 e. The van der Waals surface area contributed by atoms with Crippen LogP contribution < -0.4 is 29.6 Å². The van der Waals surface area contributed by atoms with Gasteiger partial charge in [0.1, 0.15) is 5.75 Å². The number of urea groups is 1. The first-order valence-electron chi connectivity index (χ1n) is 9.17. The van der Waals surface area contributed by atoms with Crippen molar-refractivity contribution < 1.29 is 23.7 Å². The molecule has 2 rings (SSSR count). The summed E-state index contributed by atoms with van der Waals surface area (Å²) in [4.78, 5) is 12.2. The van der Waals surface area contributed by atoms with Crippen LogP contribution in [0.3, 0.4) is 0 Å². The van der Waals surface area contributed by atoms with Gasteiger partial charge in [0.15, 0.2) is 11.5 Å². The number of hydrogen-bond acceptors (Lipinski definition) is 5. The van der Waals surface area contributed by atoms with Gasteiger partial charge in [-0.15, -0.1) is 0 Å². The Kier molecular flexibility index (Phi) is 8.27. The van der Waals surface area contributed by atoms with Crippen LogP contribution in [0.5, 0.6) is 23.0 Å². The average molecular weight is 388 g/mol. The van der Waals surface area contributed by atoms with E-state index in [1.165, 1.54) is 0 Å². The summed E-state index contributed by atoms with van der Waals surface area (Å²) in [5, 5.41) is 5.60. The average Bonchev–Trinajstić information content (AvgIpc) is 2.72. The third kappa shape index (κ3) is 5.97. The number of rotatable bonds is 10. The molecule has 0 aromatic heterocycles. The van der Waals surface area contributed by atoms with Crippen LogP contribution in [0.25, 0.3) is 0 Å². The Morgan fingerprint density at radius 1 is 0.964 bits per heavy atom. The maximum Gasteiger partial charge on any atom is 0.319 e. The molecule has 0 aliphatic carbocycles. The first-order chi connectivity index (χ1) is 13.6. The van der Waals surface area contributed by atoms with Crippen LogP contribution in [0, 0.1) is 0 Å². The third-order valence-electron chi connectivity index (χ3n) is 4.06. The summed E-state index contributed by atoms with van der Waals surface area (Å²) in [7, 11) is 4.65. The molecule has 7 nitrogen and oxygen atoms in total. The van der Waals surface area contributed by atoms with Gasteiger partial charge in [-0.1, -0.05) is 13.3 Å². The van der Waals surface area contributed by atoms with Crippen LogP contribution in [0.2, 0.25) is 0 Å². The molecular formula is C21H28N2O5. The SMILES string of the molecule is CCCCOc1ccc(NC(=O)NCc2cc(OC)c(OC)c(OC)c2)cc1. The van der Waals surface area contributed by atoms with E-state index < -0.39 is 0 Å². The Balaban J connectivity index is 1.91. The molecule has 28 heavy (non-hydrogen) atoms. The third-order valence-corrected chi connectivity index (χ3v) is 4.06. The first kappa shape index (κ1) is 21.2. The maximum absolute atomic E-state index is 12.2. The van der Waals surface area contributed by atoms with E-state index in [0.29, 0.717) is 36.1 Å². The van der Waals surface area contributed by atoms with Crippen molar-refractivity contribution in [2.24, 2.45) is 0 Å². The van der Waals surface area contributed by atoms with E-state index in [1.54, 1.807) is 45.6 Å². The van der Waals surface area contributed by atoms with Crippen molar-refractivity contribution >= 4 is 11.7 Å². The van der Waals surface area contributed by atoms with E-state index in [-0.39, 0.29) is 6.03 Å². The lowest BCUT2D eigenvalue weighted by Crippen LogP contribution is -2.28. The molecule has 0 bridgehead atoms. The van der Waals surface area contributed by atoms with Gasteiger partial charge in [0.25, 0.3) is 0 Å². The summed E-state index contributed by atoms with van der Waals surface area (Å²) in [6, 6.07) is 10.6. The van der Waals surface area contributed by atoms with Crippen molar-refractivity contribution in [1.82, 2.24) is 5.32 Å². The summed E-state index contributed by atoms with van der Waals surface area (Å²) in [5.74, 6) is 2.38. The summed E-state index contributed by atoms with van der Waals surface area (Å²) in [5.41, 5.74) is 1.51. The van der Waals surface area contributed by atoms with Gasteiger partial charge < -0.3 is 29.6 Å². The summed E-state index contributed by atoms with van der Waals surface area (Å²) in [6.45, 7) is 3.12. The second-order valence-electron chi connectivity index (χ2n) is 6.07. The fraction of sp³-hybridized carbons (Fsp3) is 0.381. The molecule has 0 saturated carbocycles. The highest BCUT2D eigenvalue weighted by Gasteiger charge is 2.13. The topological polar surface area (TPSA) is 78.1 Å². The molecule has 2 N–H and O–H groups in total. The lowest BCUT2D eigenvalue weighted by Gasteiger charge is -2.14. The molecule has 2 aromatic rings. The Morgan fingerprint density at radius 2 is 1.61 bits per heavy atom. The predicted octanol–water partition coefficient (Wildman–Crippen LogP) is 4.21. The van der Waals surface area contributed by atoms with E-state index in [4.69, 9.17) is 18.9 Å². The van der Waals surface area contributed by atoms with Gasteiger partial charge in [-0.05, 0) is 48.4 Å². The summed E-state index contributed by atoms with van der Waals surface area (Å²) < 4.78 is 21.6. The number of carbonyl (C=O) groups is 1. The number of methoxy groups -OCH3 is 3. The van der Waals surface area contributed by atoms with Crippen LogP contribution in [0.1, 0.15) is 25.3 Å². The van der Waals surface area contributed by atoms with Crippen LogP contribution >= 0.6 is 0 Å². The second-order valence-corrected chi connectivity index (χ2v) is 6.07. The largest absolute Gasteiger partial charge is 0.494 e. The lowest BCUT2D eigenvalue weighted by molar-refractivity contribution is 0.251. The van der Waals surface area contributed by atoms with Gasteiger partial charge >= 0.3 is 6.03 Å². The molecule has 152 valence electrons. The number of nitrogens with one attached hydrogen (secondary N) is 2. The molecule has 2 aromatic carbocycles. The van der Waals surface area contributed by atoms with Gasteiger partial charge in [0.2, 0.25) is 5.75 Å². The Morgan fingerprint density at radius 3 is 2.14 bits per heavy atom. The maximum atomic E-state index is 12.2. The van der Waals surface area contributed by atoms with Crippen molar-refractivity contribution in [3.8, 4) is 23.0 Å². The zero-order chi connectivity index (χ0) is 20.4. The highest BCUT2D eigenvalue weighted by atomic mass is 16.5. The van der Waals surface area contributed by atoms with E-state index in [1.807, 2.05) is 12.1 Å². The minimum absolute atomic E-state index is 0.306. The molecule has 7 heteroatoms. The van der Waals surface area contributed by atoms with Crippen LogP contribution in [0.4, 0.5) is 10.5 Å². The van der Waals surface area contributed by atoms with Crippen molar-refractivity contribution in [2.45, 2.75) is 26.3 Å². The number of amides is 2. The predicted molar refractivity (Wildman–Crippen MR) is 109 cm³/mol. The fourth-order valence-electron chi connectivity index (χ4n) is 2.56. The van der Waals surface area contributed by atoms with E-state index >= 15 is 0 Å². The molecule has 0 heterocycles. The standard InChI is InChI=1S/C21H28N2O5/c1-5-6-11-28-17-9-7-16(8-10-17)23-21(24)22-14-15-12-18(25-2)20(27-4)19(13-15)26-3/h7-10,12-13H,5-6,11,14H2,1-4H3,(H2,22,23,24). The van der Waals surface area contributed by atoms with E-state index in [2.05, 4.69) is 17.6 Å². The molecule has 0 saturated heterocycles. The second kappa shape index (κ2) is 10.9. The molecule has 0 radical (unpaired) electrons. The Bertz CT molecular complexity index is 737. The van der Waals surface area contributed by atoms with Gasteiger partial charge in [-0.3, -0.25) is 0 Å². The normalized spacial score (nSPS) is 10.1. The molecule has 0 atom stereocenters. The van der Waals surface area contributed by atoms with Crippen LogP contribution in [-0.4, -0.2) is 34.0 Å². The van der Waals surface area contributed by atoms with Gasteiger partial charge in [0.05, 0.1) is 27.9 Å². The molecule has 0 aliphatic rings. The zero-order valence-corrected chi connectivity index (χ0v) is 16.8. The smallest absolute Gasteiger partial charge is 0.319 e. The number of hydrogen-bond donors (Lipinski definition) is 2. The van der Waals surface area contributed by atoms with Gasteiger partial charge in [-0.2, -0.15) is 0 Å². The van der Waals surface area contributed by atoms with Crippen molar-refractivity contribution in [2.75, 3.05) is 33.3 Å². The highest BCUT2D eigenvalue weighted by molar-refractivity contribution is 5.89. The number of anilines is 1. The summed E-state index contributed by atoms with van der Waals surface area (Å²) >= 11 is 0. The molecule has 0 fully saturated rings. The lowest BCUT2D eigenvalue weighted by atomic mass is 10.2. The van der Waals surface area contributed by atoms with Crippen molar-refractivity contribution in [1.29, 1.82) is 0 Å². The van der Waals surface area contributed by atoms with Gasteiger partial charge in [-0.25, -0.2) is 4.79 Å². The zero-order valence-electron chi connectivity index (χ0n) is 16.8. The first-order valence-corrected chi connectivity index (χ1v) is 9.17. The van der Waals surface area contributed by atoms with E-state index in [9.17, 15) is 4.79 Å². The van der Waals surface area contributed by atoms with Gasteiger partial charge in [0, 0.05) is 12.2 Å². The van der Waals surface area contributed by atoms with E-state index in [0.717, 1.165) is 24.2 Å². The van der Waals surface area contributed by atoms with Crippen molar-refractivity contribution in [3.63, 3.8) is 0 Å². The molecule has 2 amide bonds. The number of unbranched alkanes of at least 4 members (excludes halogenated alkanes) is 1. The minimum atomic E-state index is -0.312. The monoisotopic (exact) mass is 388 g/mol. The molecule has 0 spiro atoms. The Hall–Kier alpha value is -3.09. The number of benzene rings is 2. The van der Waals surface area contributed by atoms with Crippen molar-refractivity contribution in [3.05, 3.63) is 42.0 Å². The van der Waals surface area contributed by atoms with Crippen LogP contribution in [0.15, 0.2) is 36.4 Å². The fourth-order valence-corrected chi connectivity index (χ4v) is 2.56. The number of carbonyl (C=O) groups excluding carboxylic acids is 1. The Labute approximate surface area is 165 Å². The summed E-state index contributed by atoms with van der Waals surface area (Å²) in [6.07, 6.45) is 2.11. The van der Waals surface area contributed by atoms with Crippen LogP contribution in [-0.2, 0) is 6.54 Å². The molecule has 0 aliphatic heterocycles. The number of ether oxygens (including phenoxy) is 4. The highest BCUT2D eigenvalue weighted by Crippen LogP contribution is 2.38.